The Morgan fingerprint density at radius 2 is 2.03 bits per heavy atom. The van der Waals surface area contributed by atoms with E-state index in [1.54, 1.807) is 28.8 Å². The summed E-state index contributed by atoms with van der Waals surface area (Å²) < 4.78 is 27.0. The minimum atomic E-state index is -0.585. The minimum absolute atomic E-state index is 0.0121. The fourth-order valence-corrected chi connectivity index (χ4v) is 4.74. The van der Waals surface area contributed by atoms with E-state index in [0.29, 0.717) is 39.8 Å². The fourth-order valence-electron chi connectivity index (χ4n) is 4.74. The highest BCUT2D eigenvalue weighted by atomic mass is 19.1. The van der Waals surface area contributed by atoms with Crippen molar-refractivity contribution in [1.82, 2.24) is 19.5 Å². The number of hydrogen-bond acceptors (Lipinski definition) is 9. The molecule has 11 heteroatoms. The zero-order valence-corrected chi connectivity index (χ0v) is 20.0. The topological polar surface area (TPSA) is 141 Å². The molecule has 2 aromatic carbocycles. The molecule has 0 radical (unpaired) electrons. The summed E-state index contributed by atoms with van der Waals surface area (Å²) in [5.41, 5.74) is 7.05. The van der Waals surface area contributed by atoms with E-state index in [4.69, 9.17) is 25.6 Å². The van der Waals surface area contributed by atoms with Crippen molar-refractivity contribution in [3.63, 3.8) is 0 Å². The summed E-state index contributed by atoms with van der Waals surface area (Å²) in [5.74, 6) is 1.46. The van der Waals surface area contributed by atoms with Crippen LogP contribution in [0.1, 0.15) is 55.2 Å². The predicted octanol–water partition coefficient (Wildman–Crippen LogP) is 3.95. The summed E-state index contributed by atoms with van der Waals surface area (Å²) >= 11 is 0. The van der Waals surface area contributed by atoms with Gasteiger partial charge in [-0.05, 0) is 56.5 Å². The molecule has 1 saturated carbocycles. The van der Waals surface area contributed by atoms with Gasteiger partial charge in [0.05, 0.1) is 22.8 Å². The number of nitrogen functional groups attached to an aromatic ring is 1. The van der Waals surface area contributed by atoms with Gasteiger partial charge in [-0.2, -0.15) is 0 Å². The minimum Gasteiger partial charge on any atom is -0.454 e. The molecule has 2 aromatic heterocycles. The normalized spacial score (nSPS) is 15.4. The van der Waals surface area contributed by atoms with Gasteiger partial charge in [0.2, 0.25) is 6.79 Å². The maximum Gasteiger partial charge on any atom is 0.264 e. The van der Waals surface area contributed by atoms with Crippen LogP contribution in [0.5, 0.6) is 11.5 Å². The summed E-state index contributed by atoms with van der Waals surface area (Å²) in [6, 6.07) is 9.05. The third-order valence-corrected chi connectivity index (χ3v) is 6.87. The number of fused-ring (bicyclic) bond motifs is 2. The molecule has 4 aromatic rings. The first kappa shape index (κ1) is 22.9. The lowest BCUT2D eigenvalue weighted by Crippen LogP contribution is -2.35. The fraction of sp³-hybridized carbons (Fsp3) is 0.269. The lowest BCUT2D eigenvalue weighted by atomic mass is 9.92. The Hall–Kier alpha value is -4.54. The van der Waals surface area contributed by atoms with Crippen molar-refractivity contribution >= 4 is 28.3 Å². The van der Waals surface area contributed by atoms with Gasteiger partial charge in [0.25, 0.3) is 5.56 Å². The van der Waals surface area contributed by atoms with Crippen LogP contribution in [0, 0.1) is 11.2 Å². The van der Waals surface area contributed by atoms with Crippen LogP contribution in [-0.2, 0) is 0 Å². The molecule has 0 spiro atoms. The molecule has 2 aliphatic rings. The number of nitrogens with one attached hydrogen (secondary N) is 2. The van der Waals surface area contributed by atoms with Crippen LogP contribution < -0.4 is 26.1 Å². The molecular weight excluding hydrogens is 477 g/mol. The molecule has 3 heterocycles. The number of nitrogens with zero attached hydrogens (tertiary/aromatic N) is 4. The molecule has 1 unspecified atom stereocenters. The summed E-state index contributed by atoms with van der Waals surface area (Å²) in [4.78, 5) is 26.6. The van der Waals surface area contributed by atoms with Crippen molar-refractivity contribution < 1.29 is 13.9 Å². The molecule has 37 heavy (non-hydrogen) atoms. The summed E-state index contributed by atoms with van der Waals surface area (Å²) in [5, 5.41) is 12.1. The van der Waals surface area contributed by atoms with Crippen molar-refractivity contribution in [2.24, 2.45) is 0 Å². The molecule has 188 valence electrons. The summed E-state index contributed by atoms with van der Waals surface area (Å²) in [6.07, 6.45) is 3.94. The summed E-state index contributed by atoms with van der Waals surface area (Å²) in [6.45, 7) is 1.97. The van der Waals surface area contributed by atoms with Crippen LogP contribution in [0.4, 0.5) is 16.0 Å². The lowest BCUT2D eigenvalue weighted by Gasteiger charge is -2.31. The average molecular weight is 502 g/mol. The monoisotopic (exact) mass is 501 g/mol. The highest BCUT2D eigenvalue weighted by molar-refractivity contribution is 6.16. The van der Waals surface area contributed by atoms with Crippen LogP contribution in [0.15, 0.2) is 47.5 Å². The maximum atomic E-state index is 14.6. The van der Waals surface area contributed by atoms with Gasteiger partial charge in [0.15, 0.2) is 11.5 Å². The van der Waals surface area contributed by atoms with Crippen LogP contribution in [-0.4, -0.2) is 32.0 Å². The van der Waals surface area contributed by atoms with E-state index in [2.05, 4.69) is 15.3 Å². The standard InChI is InChI=1S/C26H24FN7O3/c1-13(25-33-17-7-3-6-16(27)20(17)26(35)34(25)15-4-2-5-15)32-24-21(23(29)30-11-31-24)22(28)14-8-9-18-19(10-14)37-12-36-18/h3,6-11,13,15,28H,2,4-5,12H2,1H3,(H3,29,30,31,32). The Balaban J connectivity index is 1.41. The Morgan fingerprint density at radius 3 is 2.81 bits per heavy atom. The molecule has 4 N–H and O–H groups in total. The first-order valence-electron chi connectivity index (χ1n) is 12.0. The zero-order chi connectivity index (χ0) is 25.7. The van der Waals surface area contributed by atoms with E-state index in [-0.39, 0.29) is 29.8 Å². The number of aromatic nitrogens is 4. The Labute approximate surface area is 210 Å². The van der Waals surface area contributed by atoms with E-state index < -0.39 is 17.4 Å². The molecule has 1 aliphatic heterocycles. The largest absolute Gasteiger partial charge is 0.454 e. The first-order valence-corrected chi connectivity index (χ1v) is 12.0. The molecule has 0 saturated heterocycles. The molecule has 0 amide bonds. The quantitative estimate of drug-likeness (QED) is 0.337. The number of ether oxygens (including phenoxy) is 2. The van der Waals surface area contributed by atoms with Crippen LogP contribution >= 0.6 is 0 Å². The van der Waals surface area contributed by atoms with Crippen molar-refractivity contribution in [3.8, 4) is 11.5 Å². The number of anilines is 2. The van der Waals surface area contributed by atoms with Crippen molar-refractivity contribution in [3.05, 3.63) is 75.8 Å². The van der Waals surface area contributed by atoms with Gasteiger partial charge in [-0.1, -0.05) is 6.07 Å². The highest BCUT2D eigenvalue weighted by Crippen LogP contribution is 2.36. The Kier molecular flexibility index (Phi) is 5.47. The molecule has 10 nitrogen and oxygen atoms in total. The third kappa shape index (κ3) is 3.83. The Bertz CT molecular complexity index is 1620. The highest BCUT2D eigenvalue weighted by Gasteiger charge is 2.29. The van der Waals surface area contributed by atoms with Gasteiger partial charge in [-0.25, -0.2) is 19.3 Å². The zero-order valence-electron chi connectivity index (χ0n) is 20.0. The van der Waals surface area contributed by atoms with Crippen LogP contribution in [0.2, 0.25) is 0 Å². The second kappa shape index (κ2) is 8.84. The smallest absolute Gasteiger partial charge is 0.264 e. The molecule has 1 atom stereocenters. The van der Waals surface area contributed by atoms with Crippen molar-refractivity contribution in [2.75, 3.05) is 17.8 Å². The van der Waals surface area contributed by atoms with Gasteiger partial charge in [0, 0.05) is 11.6 Å². The SMILES string of the molecule is CC(Nc1ncnc(N)c1C(=N)c1ccc2c(c1)OCO2)c1nc2cccc(F)c2c(=O)n1C1CCC1. The third-order valence-electron chi connectivity index (χ3n) is 6.87. The number of hydrogen-bond donors (Lipinski definition) is 3. The average Bonchev–Trinajstić information content (AvgIpc) is 3.32. The molecule has 1 fully saturated rings. The van der Waals surface area contributed by atoms with Gasteiger partial charge in [-0.3, -0.25) is 14.8 Å². The van der Waals surface area contributed by atoms with E-state index in [1.807, 2.05) is 6.92 Å². The van der Waals surface area contributed by atoms with Gasteiger partial charge >= 0.3 is 0 Å². The van der Waals surface area contributed by atoms with Gasteiger partial charge in [0.1, 0.15) is 35.0 Å². The summed E-state index contributed by atoms with van der Waals surface area (Å²) in [7, 11) is 0. The number of benzene rings is 2. The van der Waals surface area contributed by atoms with E-state index in [9.17, 15) is 9.18 Å². The molecule has 6 rings (SSSR count). The number of nitrogens with two attached hydrogens (primary N) is 1. The second-order valence-electron chi connectivity index (χ2n) is 9.16. The molecule has 0 bridgehead atoms. The van der Waals surface area contributed by atoms with Crippen molar-refractivity contribution in [1.29, 1.82) is 5.41 Å². The lowest BCUT2D eigenvalue weighted by molar-refractivity contribution is 0.174. The van der Waals surface area contributed by atoms with E-state index in [1.165, 1.54) is 18.5 Å². The molecular formula is C26H24FN7O3. The Morgan fingerprint density at radius 1 is 1.22 bits per heavy atom. The second-order valence-corrected chi connectivity index (χ2v) is 9.16. The molecule has 1 aliphatic carbocycles. The predicted molar refractivity (Wildman–Crippen MR) is 136 cm³/mol. The first-order chi connectivity index (χ1) is 17.9. The van der Waals surface area contributed by atoms with Crippen LogP contribution in [0.3, 0.4) is 0 Å². The van der Waals surface area contributed by atoms with Gasteiger partial charge < -0.3 is 20.5 Å². The number of rotatable bonds is 6. The van der Waals surface area contributed by atoms with Crippen LogP contribution in [0.25, 0.3) is 10.9 Å². The van der Waals surface area contributed by atoms with E-state index in [0.717, 1.165) is 19.3 Å². The maximum absolute atomic E-state index is 14.6. The van der Waals surface area contributed by atoms with E-state index >= 15 is 0 Å². The number of halogens is 1. The van der Waals surface area contributed by atoms with Gasteiger partial charge in [-0.15, -0.1) is 0 Å². The van der Waals surface area contributed by atoms with Crippen molar-refractivity contribution in [2.45, 2.75) is 38.3 Å².